The van der Waals surface area contributed by atoms with Crippen LogP contribution in [0.3, 0.4) is 0 Å². The molecule has 0 amide bonds. The molecule has 0 spiro atoms. The molecule has 2 aromatic rings. The van der Waals surface area contributed by atoms with Crippen LogP contribution in [0, 0.1) is 5.82 Å². The highest BCUT2D eigenvalue weighted by molar-refractivity contribution is 5.85. The van der Waals surface area contributed by atoms with Crippen LogP contribution in [0.1, 0.15) is 32.1 Å². The Morgan fingerprint density at radius 2 is 1.96 bits per heavy atom. The molecule has 7 heteroatoms. The van der Waals surface area contributed by atoms with Gasteiger partial charge < -0.3 is 9.84 Å². The monoisotopic (exact) mass is 354 g/mol. The fourth-order valence-corrected chi connectivity index (χ4v) is 3.06. The van der Waals surface area contributed by atoms with Crippen molar-refractivity contribution in [3.63, 3.8) is 0 Å². The van der Waals surface area contributed by atoms with Crippen molar-refractivity contribution in [2.24, 2.45) is 0 Å². The van der Waals surface area contributed by atoms with E-state index in [-0.39, 0.29) is 18.2 Å². The standard InChI is InChI=1S/C17H23FN4O.ClH/c1-2-11-22(15-7-9-19-10-8-15)12-16-20-17(21-23-16)13-3-5-14(18)6-4-13;/h3-6,15,19H,2,7-12H2,1H3;1H. The fraction of sp³-hybridized carbons (Fsp3) is 0.529. The van der Waals surface area contributed by atoms with E-state index in [0.717, 1.165) is 44.5 Å². The van der Waals surface area contributed by atoms with Gasteiger partial charge in [-0.1, -0.05) is 12.1 Å². The summed E-state index contributed by atoms with van der Waals surface area (Å²) in [6.45, 7) is 6.02. The number of piperidine rings is 1. The van der Waals surface area contributed by atoms with E-state index in [1.54, 1.807) is 12.1 Å². The molecule has 0 aliphatic carbocycles. The van der Waals surface area contributed by atoms with Crippen molar-refractivity contribution >= 4 is 12.4 Å². The predicted octanol–water partition coefficient (Wildman–Crippen LogP) is 3.26. The topological polar surface area (TPSA) is 54.2 Å². The lowest BCUT2D eigenvalue weighted by molar-refractivity contribution is 0.137. The van der Waals surface area contributed by atoms with E-state index in [0.29, 0.717) is 24.3 Å². The van der Waals surface area contributed by atoms with Crippen molar-refractivity contribution in [2.45, 2.75) is 38.8 Å². The van der Waals surface area contributed by atoms with Crippen molar-refractivity contribution in [3.8, 4) is 11.4 Å². The molecule has 3 rings (SSSR count). The average molecular weight is 355 g/mol. The second-order valence-corrected chi connectivity index (χ2v) is 5.97. The minimum absolute atomic E-state index is 0. The Bertz CT molecular complexity index is 613. The summed E-state index contributed by atoms with van der Waals surface area (Å²) in [6, 6.07) is 6.71. The van der Waals surface area contributed by atoms with Gasteiger partial charge in [-0.3, -0.25) is 4.90 Å². The van der Waals surface area contributed by atoms with Crippen molar-refractivity contribution in [1.29, 1.82) is 0 Å². The Labute approximate surface area is 148 Å². The van der Waals surface area contributed by atoms with Gasteiger partial charge in [-0.15, -0.1) is 12.4 Å². The Kier molecular flexibility index (Phi) is 7.15. The van der Waals surface area contributed by atoms with Crippen molar-refractivity contribution in [2.75, 3.05) is 19.6 Å². The van der Waals surface area contributed by atoms with Gasteiger partial charge in [-0.2, -0.15) is 4.98 Å². The summed E-state index contributed by atoms with van der Waals surface area (Å²) in [4.78, 5) is 6.90. The zero-order valence-corrected chi connectivity index (χ0v) is 14.7. The third-order valence-corrected chi connectivity index (χ3v) is 4.24. The Hall–Kier alpha value is -1.50. The molecule has 1 aliphatic rings. The van der Waals surface area contributed by atoms with Crippen molar-refractivity contribution in [3.05, 3.63) is 36.0 Å². The fourth-order valence-electron chi connectivity index (χ4n) is 3.06. The quantitative estimate of drug-likeness (QED) is 0.862. The summed E-state index contributed by atoms with van der Waals surface area (Å²) in [7, 11) is 0. The van der Waals surface area contributed by atoms with E-state index >= 15 is 0 Å². The SMILES string of the molecule is CCCN(Cc1nc(-c2ccc(F)cc2)no1)C1CCNCC1.Cl. The van der Waals surface area contributed by atoms with E-state index in [4.69, 9.17) is 4.52 Å². The van der Waals surface area contributed by atoms with E-state index < -0.39 is 0 Å². The second kappa shape index (κ2) is 9.11. The summed E-state index contributed by atoms with van der Waals surface area (Å²) in [6.07, 6.45) is 3.40. The Morgan fingerprint density at radius 3 is 2.62 bits per heavy atom. The first-order chi connectivity index (χ1) is 11.3. The zero-order valence-electron chi connectivity index (χ0n) is 13.9. The maximum atomic E-state index is 13.0. The van der Waals surface area contributed by atoms with Gasteiger partial charge in [0.2, 0.25) is 11.7 Å². The molecule has 1 fully saturated rings. The number of aromatic nitrogens is 2. The van der Waals surface area contributed by atoms with Crippen LogP contribution < -0.4 is 5.32 Å². The second-order valence-electron chi connectivity index (χ2n) is 5.97. The molecule has 0 saturated carbocycles. The van der Waals surface area contributed by atoms with Crippen LogP contribution in [-0.4, -0.2) is 40.7 Å². The van der Waals surface area contributed by atoms with Crippen LogP contribution in [0.4, 0.5) is 4.39 Å². The van der Waals surface area contributed by atoms with Crippen molar-refractivity contribution < 1.29 is 8.91 Å². The largest absolute Gasteiger partial charge is 0.338 e. The summed E-state index contributed by atoms with van der Waals surface area (Å²) in [5.41, 5.74) is 0.769. The molecular weight excluding hydrogens is 331 g/mol. The number of nitrogens with zero attached hydrogens (tertiary/aromatic N) is 3. The van der Waals surface area contributed by atoms with Gasteiger partial charge in [0.15, 0.2) is 0 Å². The molecule has 0 unspecified atom stereocenters. The van der Waals surface area contributed by atoms with Crippen LogP contribution in [0.5, 0.6) is 0 Å². The van der Waals surface area contributed by atoms with Crippen LogP contribution in [0.25, 0.3) is 11.4 Å². The van der Waals surface area contributed by atoms with Gasteiger partial charge in [0.25, 0.3) is 0 Å². The smallest absolute Gasteiger partial charge is 0.241 e. The van der Waals surface area contributed by atoms with E-state index in [1.807, 2.05) is 0 Å². The first kappa shape index (κ1) is 18.8. The van der Waals surface area contributed by atoms with E-state index in [2.05, 4.69) is 27.3 Å². The molecule has 1 aliphatic heterocycles. The molecule has 1 aromatic heterocycles. The van der Waals surface area contributed by atoms with E-state index in [1.165, 1.54) is 12.1 Å². The Balaban J connectivity index is 0.00000208. The van der Waals surface area contributed by atoms with Crippen LogP contribution >= 0.6 is 12.4 Å². The van der Waals surface area contributed by atoms with Gasteiger partial charge in [-0.25, -0.2) is 4.39 Å². The number of rotatable bonds is 6. The number of hydrogen-bond donors (Lipinski definition) is 1. The first-order valence-corrected chi connectivity index (χ1v) is 8.29. The third kappa shape index (κ3) is 4.75. The maximum Gasteiger partial charge on any atom is 0.241 e. The predicted molar refractivity (Wildman–Crippen MR) is 93.5 cm³/mol. The number of benzene rings is 1. The normalized spacial score (nSPS) is 15.5. The molecule has 0 atom stereocenters. The van der Waals surface area contributed by atoms with Gasteiger partial charge in [0.05, 0.1) is 6.54 Å². The molecule has 1 saturated heterocycles. The highest BCUT2D eigenvalue weighted by Gasteiger charge is 2.22. The van der Waals surface area contributed by atoms with Gasteiger partial charge >= 0.3 is 0 Å². The van der Waals surface area contributed by atoms with Gasteiger partial charge in [0.1, 0.15) is 5.82 Å². The summed E-state index contributed by atoms with van der Waals surface area (Å²) < 4.78 is 18.4. The van der Waals surface area contributed by atoms with E-state index in [9.17, 15) is 4.39 Å². The lowest BCUT2D eigenvalue weighted by Gasteiger charge is -2.33. The number of hydrogen-bond acceptors (Lipinski definition) is 5. The lowest BCUT2D eigenvalue weighted by Crippen LogP contribution is -2.43. The average Bonchev–Trinajstić information content (AvgIpc) is 3.04. The minimum atomic E-state index is -0.266. The first-order valence-electron chi connectivity index (χ1n) is 8.29. The van der Waals surface area contributed by atoms with Gasteiger partial charge in [0, 0.05) is 11.6 Å². The maximum absolute atomic E-state index is 13.0. The number of halogens is 2. The third-order valence-electron chi connectivity index (χ3n) is 4.24. The number of nitrogens with one attached hydrogen (secondary N) is 1. The molecule has 24 heavy (non-hydrogen) atoms. The molecular formula is C17H24ClFN4O. The van der Waals surface area contributed by atoms with Gasteiger partial charge in [-0.05, 0) is 63.2 Å². The minimum Gasteiger partial charge on any atom is -0.338 e. The highest BCUT2D eigenvalue weighted by atomic mass is 35.5. The van der Waals surface area contributed by atoms with Crippen LogP contribution in [0.15, 0.2) is 28.8 Å². The molecule has 0 bridgehead atoms. The van der Waals surface area contributed by atoms with Crippen LogP contribution in [0.2, 0.25) is 0 Å². The zero-order chi connectivity index (χ0) is 16.1. The lowest BCUT2D eigenvalue weighted by atomic mass is 10.0. The summed E-state index contributed by atoms with van der Waals surface area (Å²) in [5, 5.41) is 7.42. The summed E-state index contributed by atoms with van der Waals surface area (Å²) >= 11 is 0. The molecule has 1 aromatic carbocycles. The molecule has 1 N–H and O–H groups in total. The Morgan fingerprint density at radius 1 is 1.25 bits per heavy atom. The highest BCUT2D eigenvalue weighted by Crippen LogP contribution is 2.19. The van der Waals surface area contributed by atoms with Crippen LogP contribution in [-0.2, 0) is 6.54 Å². The summed E-state index contributed by atoms with van der Waals surface area (Å²) in [5.74, 6) is 0.871. The molecule has 5 nitrogen and oxygen atoms in total. The molecule has 0 radical (unpaired) electrons. The molecule has 132 valence electrons. The van der Waals surface area contributed by atoms with Crippen molar-refractivity contribution in [1.82, 2.24) is 20.4 Å². The molecule has 2 heterocycles.